The Kier molecular flexibility index (Phi) is 5.92. The van der Waals surface area contributed by atoms with E-state index < -0.39 is 6.10 Å². The predicted molar refractivity (Wildman–Crippen MR) is 112 cm³/mol. The van der Waals surface area contributed by atoms with E-state index in [1.54, 1.807) is 12.3 Å². The van der Waals surface area contributed by atoms with E-state index in [0.717, 1.165) is 37.9 Å². The molecule has 1 fully saturated rings. The highest BCUT2D eigenvalue weighted by molar-refractivity contribution is 5.36. The summed E-state index contributed by atoms with van der Waals surface area (Å²) in [6.45, 7) is 2.49. The summed E-state index contributed by atoms with van der Waals surface area (Å²) in [7, 11) is 0. The zero-order chi connectivity index (χ0) is 20.2. The fourth-order valence-corrected chi connectivity index (χ4v) is 4.47. The van der Waals surface area contributed by atoms with Crippen molar-refractivity contribution in [2.75, 3.05) is 19.6 Å². The number of phenols is 1. The van der Waals surface area contributed by atoms with Gasteiger partial charge in [0, 0.05) is 12.7 Å². The smallest absolute Gasteiger partial charge is 0.115 e. The number of aliphatic hydroxyl groups is 1. The number of rotatable bonds is 6. The second kappa shape index (κ2) is 8.76. The summed E-state index contributed by atoms with van der Waals surface area (Å²) in [5.41, 5.74) is 11.5. The van der Waals surface area contributed by atoms with Gasteiger partial charge in [0.25, 0.3) is 0 Å². The highest BCUT2D eigenvalue weighted by Crippen LogP contribution is 2.32. The molecule has 1 saturated heterocycles. The van der Waals surface area contributed by atoms with Gasteiger partial charge in [0.05, 0.1) is 17.8 Å². The first-order valence-corrected chi connectivity index (χ1v) is 10.2. The molecule has 2 atom stereocenters. The minimum atomic E-state index is -0.535. The first kappa shape index (κ1) is 19.6. The fourth-order valence-electron chi connectivity index (χ4n) is 4.47. The molecule has 6 heteroatoms. The Balaban J connectivity index is 1.30. The maximum atomic E-state index is 10.5. The van der Waals surface area contributed by atoms with Crippen molar-refractivity contribution < 1.29 is 10.2 Å². The van der Waals surface area contributed by atoms with Crippen LogP contribution >= 0.6 is 0 Å². The van der Waals surface area contributed by atoms with Gasteiger partial charge in [0.15, 0.2) is 0 Å². The molecular formula is C23H28N4O2. The number of benzene rings is 2. The van der Waals surface area contributed by atoms with Gasteiger partial charge in [-0.1, -0.05) is 36.4 Å². The van der Waals surface area contributed by atoms with Crippen molar-refractivity contribution in [2.45, 2.75) is 37.3 Å². The number of phenolic OH excluding ortho intramolecular Hbond substituents is 1. The highest BCUT2D eigenvalue weighted by Gasteiger charge is 2.30. The van der Waals surface area contributed by atoms with Gasteiger partial charge in [-0.2, -0.15) is 5.11 Å². The Morgan fingerprint density at radius 3 is 2.69 bits per heavy atom. The number of nitrogens with zero attached hydrogens (tertiary/aromatic N) is 2. The summed E-state index contributed by atoms with van der Waals surface area (Å²) in [6, 6.07) is 15.4. The summed E-state index contributed by atoms with van der Waals surface area (Å²) in [4.78, 5) is 2.31. The molecule has 6 nitrogen and oxygen atoms in total. The summed E-state index contributed by atoms with van der Waals surface area (Å²) in [5.74, 6) is 0.787. The van der Waals surface area contributed by atoms with Crippen LogP contribution in [0.1, 0.15) is 41.6 Å². The Labute approximate surface area is 171 Å². The molecule has 4 rings (SSSR count). The Bertz CT molecular complexity index is 890. The van der Waals surface area contributed by atoms with Crippen molar-refractivity contribution in [2.24, 2.45) is 5.11 Å². The van der Waals surface area contributed by atoms with Crippen LogP contribution < -0.4 is 5.32 Å². The molecule has 2 unspecified atom stereocenters. The number of fused-ring (bicyclic) bond motifs is 1. The minimum absolute atomic E-state index is 0.0827. The quantitative estimate of drug-likeness (QED) is 0.564. The molecule has 2 aromatic rings. The van der Waals surface area contributed by atoms with Crippen LogP contribution in [0.3, 0.4) is 0 Å². The molecule has 0 saturated carbocycles. The van der Waals surface area contributed by atoms with Crippen LogP contribution in [0, 0.1) is 5.53 Å². The molecule has 1 aliphatic heterocycles. The maximum Gasteiger partial charge on any atom is 0.115 e. The number of aliphatic hydroxyl groups excluding tert-OH is 1. The van der Waals surface area contributed by atoms with Crippen LogP contribution in [0.4, 0.5) is 0 Å². The van der Waals surface area contributed by atoms with E-state index in [-0.39, 0.29) is 6.04 Å². The van der Waals surface area contributed by atoms with E-state index in [9.17, 15) is 10.2 Å². The van der Waals surface area contributed by atoms with Crippen LogP contribution in [0.2, 0.25) is 0 Å². The van der Waals surface area contributed by atoms with Crippen molar-refractivity contribution in [1.29, 1.82) is 5.53 Å². The largest absolute Gasteiger partial charge is 0.508 e. The number of aromatic hydroxyl groups is 1. The van der Waals surface area contributed by atoms with E-state index in [0.29, 0.717) is 23.9 Å². The zero-order valence-electron chi connectivity index (χ0n) is 16.5. The van der Waals surface area contributed by atoms with Gasteiger partial charge in [-0.25, -0.2) is 5.53 Å². The molecule has 0 bridgehead atoms. The van der Waals surface area contributed by atoms with Crippen molar-refractivity contribution in [3.8, 4) is 5.75 Å². The number of hydrogen-bond acceptors (Lipinski definition) is 6. The lowest BCUT2D eigenvalue weighted by atomic mass is 9.89. The molecule has 1 heterocycles. The van der Waals surface area contributed by atoms with Gasteiger partial charge in [-0.15, -0.1) is 0 Å². The second-order valence-electron chi connectivity index (χ2n) is 8.01. The molecule has 29 heavy (non-hydrogen) atoms. The molecule has 0 radical (unpaired) electrons. The molecule has 0 amide bonds. The van der Waals surface area contributed by atoms with Gasteiger partial charge >= 0.3 is 0 Å². The molecule has 4 N–H and O–H groups in total. The first-order chi connectivity index (χ1) is 14.1. The van der Waals surface area contributed by atoms with Crippen LogP contribution in [-0.4, -0.2) is 40.8 Å². The molecule has 0 aromatic heterocycles. The zero-order valence-corrected chi connectivity index (χ0v) is 16.5. The summed E-state index contributed by atoms with van der Waals surface area (Å²) in [6.07, 6.45) is 4.08. The number of likely N-dealkylation sites (tertiary alicyclic amines) is 1. The summed E-state index contributed by atoms with van der Waals surface area (Å²) >= 11 is 0. The molecule has 1 aliphatic carbocycles. The lowest BCUT2D eigenvalue weighted by Gasteiger charge is -2.32. The average Bonchev–Trinajstić information content (AvgIpc) is 3.07. The number of hydrogen-bond donors (Lipinski definition) is 4. The van der Waals surface area contributed by atoms with Gasteiger partial charge in [-0.05, 0) is 67.1 Å². The minimum Gasteiger partial charge on any atom is -0.508 e. The molecule has 2 aliphatic rings. The SMILES string of the molecule is N=N/C(=C\NC1Cc2ccccc2C1O)CN1CCC(c2cccc(O)c2)CC1. The fraction of sp³-hybridized carbons (Fsp3) is 0.391. The summed E-state index contributed by atoms with van der Waals surface area (Å²) in [5, 5.41) is 27.2. The topological polar surface area (TPSA) is 91.9 Å². The second-order valence-corrected chi connectivity index (χ2v) is 8.01. The van der Waals surface area contributed by atoms with E-state index in [4.69, 9.17) is 5.53 Å². The lowest BCUT2D eigenvalue weighted by molar-refractivity contribution is 0.148. The van der Waals surface area contributed by atoms with Crippen molar-refractivity contribution >= 4 is 0 Å². The third-order valence-electron chi connectivity index (χ3n) is 6.12. The Morgan fingerprint density at radius 2 is 1.97 bits per heavy atom. The molecule has 152 valence electrons. The summed E-state index contributed by atoms with van der Waals surface area (Å²) < 4.78 is 0. The Morgan fingerprint density at radius 1 is 1.17 bits per heavy atom. The lowest BCUT2D eigenvalue weighted by Crippen LogP contribution is -2.35. The van der Waals surface area contributed by atoms with E-state index in [1.807, 2.05) is 30.3 Å². The molecule has 0 spiro atoms. The maximum absolute atomic E-state index is 10.5. The van der Waals surface area contributed by atoms with Gasteiger partial charge < -0.3 is 15.5 Å². The molecular weight excluding hydrogens is 364 g/mol. The number of nitrogens with one attached hydrogen (secondary N) is 2. The standard InChI is InChI=1S/C23H28N4O2/c24-26-19(14-25-22-13-18-4-1-2-7-21(18)23(22)29)15-27-10-8-16(9-11-27)17-5-3-6-20(28)12-17/h1-7,12,14,16,22-25,28-29H,8-11,13,15H2/b19-14-,26-24?. The van der Waals surface area contributed by atoms with E-state index >= 15 is 0 Å². The van der Waals surface area contributed by atoms with Crippen LogP contribution in [0.5, 0.6) is 5.75 Å². The molecule has 2 aromatic carbocycles. The van der Waals surface area contributed by atoms with Crippen molar-refractivity contribution in [3.63, 3.8) is 0 Å². The van der Waals surface area contributed by atoms with E-state index in [2.05, 4.69) is 27.5 Å². The third kappa shape index (κ3) is 4.49. The normalized spacial score (nSPS) is 23.0. The predicted octanol–water partition coefficient (Wildman–Crippen LogP) is 3.69. The monoisotopic (exact) mass is 392 g/mol. The number of piperidine rings is 1. The van der Waals surface area contributed by atoms with Crippen LogP contribution in [-0.2, 0) is 6.42 Å². The van der Waals surface area contributed by atoms with Crippen molar-refractivity contribution in [1.82, 2.24) is 10.2 Å². The third-order valence-corrected chi connectivity index (χ3v) is 6.12. The van der Waals surface area contributed by atoms with Crippen LogP contribution in [0.15, 0.2) is 65.5 Å². The first-order valence-electron chi connectivity index (χ1n) is 10.2. The van der Waals surface area contributed by atoms with Gasteiger partial charge in [-0.3, -0.25) is 4.90 Å². The van der Waals surface area contributed by atoms with Gasteiger partial charge in [0.1, 0.15) is 5.75 Å². The highest BCUT2D eigenvalue weighted by atomic mass is 16.3. The van der Waals surface area contributed by atoms with Gasteiger partial charge in [0.2, 0.25) is 0 Å². The Hall–Kier alpha value is -2.70. The van der Waals surface area contributed by atoms with Crippen molar-refractivity contribution in [3.05, 3.63) is 77.1 Å². The van der Waals surface area contributed by atoms with E-state index in [1.165, 1.54) is 11.1 Å². The van der Waals surface area contributed by atoms with Crippen LogP contribution in [0.25, 0.3) is 0 Å². The average molecular weight is 393 g/mol.